The van der Waals surface area contributed by atoms with Gasteiger partial charge < -0.3 is 10.5 Å². The fourth-order valence-electron chi connectivity index (χ4n) is 2.35. The first-order valence-electron chi connectivity index (χ1n) is 6.39. The average Bonchev–Trinajstić information content (AvgIpc) is 2.82. The zero-order valence-electron chi connectivity index (χ0n) is 11.6. The van der Waals surface area contributed by atoms with Crippen molar-refractivity contribution in [2.24, 2.45) is 0 Å². The fourth-order valence-corrected chi connectivity index (χ4v) is 2.77. The number of hydrogen-bond acceptors (Lipinski definition) is 5. The van der Waals surface area contributed by atoms with E-state index in [4.69, 9.17) is 10.5 Å². The molecule has 0 saturated carbocycles. The number of fused-ring (bicyclic) bond motifs is 1. The highest BCUT2D eigenvalue weighted by molar-refractivity contribution is 9.10. The van der Waals surface area contributed by atoms with Crippen molar-refractivity contribution in [3.63, 3.8) is 0 Å². The third kappa shape index (κ3) is 2.33. The third-order valence-electron chi connectivity index (χ3n) is 3.38. The molecule has 0 aliphatic carbocycles. The predicted molar refractivity (Wildman–Crippen MR) is 84.2 cm³/mol. The standard InChI is InChI=1S/C14H14BrN5O/c1-8(9-4-3-5-10(15)6-9)20-12-11(19-14(20)16)13(21-2)18-7-17-12/h3-8H,1-2H3,(H2,16,19). The van der Waals surface area contributed by atoms with Crippen LogP contribution in [0.5, 0.6) is 5.88 Å². The Bertz CT molecular complexity index is 801. The molecule has 0 radical (unpaired) electrons. The van der Waals surface area contributed by atoms with Gasteiger partial charge >= 0.3 is 0 Å². The predicted octanol–water partition coefficient (Wildman–Crippen LogP) is 2.79. The lowest BCUT2D eigenvalue weighted by molar-refractivity contribution is 0.401. The van der Waals surface area contributed by atoms with Crippen LogP contribution in [-0.4, -0.2) is 26.6 Å². The lowest BCUT2D eigenvalue weighted by atomic mass is 10.1. The van der Waals surface area contributed by atoms with E-state index in [1.807, 2.05) is 35.8 Å². The van der Waals surface area contributed by atoms with Crippen molar-refractivity contribution in [1.29, 1.82) is 0 Å². The Labute approximate surface area is 130 Å². The van der Waals surface area contributed by atoms with Crippen LogP contribution >= 0.6 is 15.9 Å². The van der Waals surface area contributed by atoms with Gasteiger partial charge in [0.25, 0.3) is 0 Å². The molecular weight excluding hydrogens is 334 g/mol. The summed E-state index contributed by atoms with van der Waals surface area (Å²) in [5.41, 5.74) is 8.40. The minimum absolute atomic E-state index is 0.00731. The number of hydrogen-bond donors (Lipinski definition) is 1. The summed E-state index contributed by atoms with van der Waals surface area (Å²) in [5.74, 6) is 0.808. The first-order valence-corrected chi connectivity index (χ1v) is 7.19. The van der Waals surface area contributed by atoms with E-state index in [-0.39, 0.29) is 6.04 Å². The van der Waals surface area contributed by atoms with Crippen molar-refractivity contribution in [2.75, 3.05) is 12.8 Å². The van der Waals surface area contributed by atoms with Gasteiger partial charge in [0.2, 0.25) is 11.8 Å². The number of nitrogens with zero attached hydrogens (tertiary/aromatic N) is 4. The maximum atomic E-state index is 6.07. The van der Waals surface area contributed by atoms with E-state index in [0.717, 1.165) is 10.0 Å². The van der Waals surface area contributed by atoms with Crippen LogP contribution in [0.4, 0.5) is 5.95 Å². The third-order valence-corrected chi connectivity index (χ3v) is 3.88. The second-order valence-corrected chi connectivity index (χ2v) is 5.54. The van der Waals surface area contributed by atoms with Crippen LogP contribution in [0.1, 0.15) is 18.5 Å². The second-order valence-electron chi connectivity index (χ2n) is 4.63. The van der Waals surface area contributed by atoms with Gasteiger partial charge in [0.05, 0.1) is 13.2 Å². The Morgan fingerprint density at radius 3 is 2.86 bits per heavy atom. The number of halogens is 1. The summed E-state index contributed by atoms with van der Waals surface area (Å²) in [7, 11) is 1.55. The van der Waals surface area contributed by atoms with Crippen molar-refractivity contribution < 1.29 is 4.74 Å². The molecule has 0 saturated heterocycles. The van der Waals surface area contributed by atoms with Crippen molar-refractivity contribution in [3.8, 4) is 5.88 Å². The highest BCUT2D eigenvalue weighted by Crippen LogP contribution is 2.30. The minimum Gasteiger partial charge on any atom is -0.479 e. The summed E-state index contributed by atoms with van der Waals surface area (Å²) >= 11 is 3.48. The smallest absolute Gasteiger partial charge is 0.245 e. The molecule has 0 fully saturated rings. The highest BCUT2D eigenvalue weighted by Gasteiger charge is 2.19. The molecular formula is C14H14BrN5O. The monoisotopic (exact) mass is 347 g/mol. The molecule has 3 aromatic rings. The molecule has 1 atom stereocenters. The lowest BCUT2D eigenvalue weighted by Crippen LogP contribution is -2.10. The van der Waals surface area contributed by atoms with E-state index in [0.29, 0.717) is 23.0 Å². The Morgan fingerprint density at radius 1 is 1.33 bits per heavy atom. The zero-order chi connectivity index (χ0) is 15.0. The average molecular weight is 348 g/mol. The number of imidazole rings is 1. The van der Waals surface area contributed by atoms with E-state index < -0.39 is 0 Å². The van der Waals surface area contributed by atoms with Crippen LogP contribution in [0.15, 0.2) is 35.1 Å². The highest BCUT2D eigenvalue weighted by atomic mass is 79.9. The number of rotatable bonds is 3. The second kappa shape index (κ2) is 5.33. The van der Waals surface area contributed by atoms with E-state index in [9.17, 15) is 0 Å². The number of benzene rings is 1. The summed E-state index contributed by atoms with van der Waals surface area (Å²) in [5, 5.41) is 0. The normalized spacial score (nSPS) is 12.5. The first kappa shape index (κ1) is 13.8. The van der Waals surface area contributed by atoms with E-state index in [1.54, 1.807) is 7.11 Å². The molecule has 0 amide bonds. The Kier molecular flexibility index (Phi) is 3.50. The lowest BCUT2D eigenvalue weighted by Gasteiger charge is -2.16. The van der Waals surface area contributed by atoms with Crippen molar-refractivity contribution in [1.82, 2.24) is 19.5 Å². The summed E-state index contributed by atoms with van der Waals surface area (Å²) in [4.78, 5) is 12.7. The number of methoxy groups -OCH3 is 1. The van der Waals surface area contributed by atoms with Gasteiger partial charge in [0, 0.05) is 4.47 Å². The van der Waals surface area contributed by atoms with Crippen LogP contribution in [0, 0.1) is 0 Å². The van der Waals surface area contributed by atoms with Crippen LogP contribution in [-0.2, 0) is 0 Å². The van der Waals surface area contributed by atoms with E-state index in [2.05, 4.69) is 30.9 Å². The molecule has 0 aliphatic heterocycles. The van der Waals surface area contributed by atoms with Crippen LogP contribution in [0.2, 0.25) is 0 Å². The molecule has 6 nitrogen and oxygen atoms in total. The Balaban J connectivity index is 2.18. The van der Waals surface area contributed by atoms with Crippen LogP contribution in [0.25, 0.3) is 11.2 Å². The molecule has 108 valence electrons. The molecule has 2 aromatic heterocycles. The van der Waals surface area contributed by atoms with Crippen molar-refractivity contribution >= 4 is 33.0 Å². The molecule has 7 heteroatoms. The van der Waals surface area contributed by atoms with Crippen LogP contribution in [0.3, 0.4) is 0 Å². The summed E-state index contributed by atoms with van der Waals surface area (Å²) in [6.07, 6.45) is 1.45. The minimum atomic E-state index is -0.00731. The largest absolute Gasteiger partial charge is 0.479 e. The Hall–Kier alpha value is -2.15. The van der Waals surface area contributed by atoms with Gasteiger partial charge in [0.1, 0.15) is 6.33 Å². The zero-order valence-corrected chi connectivity index (χ0v) is 13.2. The van der Waals surface area contributed by atoms with Gasteiger partial charge in [-0.1, -0.05) is 28.1 Å². The molecule has 2 heterocycles. The molecule has 21 heavy (non-hydrogen) atoms. The maximum absolute atomic E-state index is 6.07. The molecule has 3 rings (SSSR count). The van der Waals surface area contributed by atoms with Gasteiger partial charge in [-0.2, -0.15) is 4.98 Å². The first-order chi connectivity index (χ1) is 10.1. The fraction of sp³-hybridized carbons (Fsp3) is 0.214. The summed E-state index contributed by atoms with van der Waals surface area (Å²) < 4.78 is 8.10. The number of nitrogens with two attached hydrogens (primary N) is 1. The number of nitrogen functional groups attached to an aromatic ring is 1. The topological polar surface area (TPSA) is 78.8 Å². The number of ether oxygens (including phenoxy) is 1. The van der Waals surface area contributed by atoms with Crippen molar-refractivity contribution in [2.45, 2.75) is 13.0 Å². The van der Waals surface area contributed by atoms with Crippen LogP contribution < -0.4 is 10.5 Å². The number of anilines is 1. The van der Waals surface area contributed by atoms with E-state index >= 15 is 0 Å². The maximum Gasteiger partial charge on any atom is 0.245 e. The van der Waals surface area contributed by atoms with E-state index in [1.165, 1.54) is 6.33 Å². The van der Waals surface area contributed by atoms with Gasteiger partial charge in [-0.15, -0.1) is 0 Å². The summed E-state index contributed by atoms with van der Waals surface area (Å²) in [6.45, 7) is 2.05. The quantitative estimate of drug-likeness (QED) is 0.787. The molecule has 1 unspecified atom stereocenters. The van der Waals surface area contributed by atoms with Gasteiger partial charge in [-0.3, -0.25) is 4.57 Å². The van der Waals surface area contributed by atoms with Gasteiger partial charge in [-0.25, -0.2) is 9.97 Å². The van der Waals surface area contributed by atoms with Gasteiger partial charge in [0.15, 0.2) is 11.2 Å². The summed E-state index contributed by atoms with van der Waals surface area (Å²) in [6, 6.07) is 8.05. The molecule has 0 bridgehead atoms. The molecule has 1 aromatic carbocycles. The van der Waals surface area contributed by atoms with Crippen molar-refractivity contribution in [3.05, 3.63) is 40.6 Å². The SMILES string of the molecule is COc1ncnc2c1nc(N)n2C(C)c1cccc(Br)c1. The van der Waals surface area contributed by atoms with Gasteiger partial charge in [-0.05, 0) is 24.6 Å². The molecule has 0 spiro atoms. The number of aromatic nitrogens is 4. The Morgan fingerprint density at radius 2 is 2.14 bits per heavy atom. The molecule has 2 N–H and O–H groups in total. The molecule has 0 aliphatic rings.